The molecule has 1 aliphatic carbocycles. The van der Waals surface area contributed by atoms with Gasteiger partial charge in [0.15, 0.2) is 0 Å². The zero-order valence-corrected chi connectivity index (χ0v) is 13.9. The van der Waals surface area contributed by atoms with Crippen molar-refractivity contribution in [2.24, 2.45) is 0 Å². The van der Waals surface area contributed by atoms with Crippen LogP contribution < -0.4 is 5.32 Å². The summed E-state index contributed by atoms with van der Waals surface area (Å²) in [6, 6.07) is 14.2. The summed E-state index contributed by atoms with van der Waals surface area (Å²) >= 11 is 1.99. The molecule has 0 radical (unpaired) electrons. The maximum absolute atomic E-state index is 3.76. The van der Waals surface area contributed by atoms with Gasteiger partial charge in [-0.25, -0.2) is 0 Å². The Morgan fingerprint density at radius 3 is 2.81 bits per heavy atom. The molecule has 112 valence electrons. The van der Waals surface area contributed by atoms with Gasteiger partial charge >= 0.3 is 0 Å². The third-order valence-electron chi connectivity index (χ3n) is 4.58. The minimum absolute atomic E-state index is 0.474. The van der Waals surface area contributed by atoms with Crippen LogP contribution in [0.15, 0.2) is 36.4 Å². The van der Waals surface area contributed by atoms with Crippen molar-refractivity contribution in [1.82, 2.24) is 5.32 Å². The van der Waals surface area contributed by atoms with Crippen LogP contribution in [-0.4, -0.2) is 6.54 Å². The van der Waals surface area contributed by atoms with Crippen LogP contribution in [0.5, 0.6) is 0 Å². The molecule has 1 nitrogen and oxygen atoms in total. The first-order chi connectivity index (χ1) is 10.3. The highest BCUT2D eigenvalue weighted by Crippen LogP contribution is 2.42. The number of hydrogen-bond acceptors (Lipinski definition) is 2. The molecule has 2 unspecified atom stereocenters. The summed E-state index contributed by atoms with van der Waals surface area (Å²) in [5, 5.41) is 3.76. The van der Waals surface area contributed by atoms with E-state index in [0.717, 1.165) is 13.0 Å². The fourth-order valence-corrected chi connectivity index (χ4v) is 4.64. The lowest BCUT2D eigenvalue weighted by molar-refractivity contribution is 0.413. The van der Waals surface area contributed by atoms with Gasteiger partial charge in [-0.15, -0.1) is 11.3 Å². The Morgan fingerprint density at radius 2 is 2.05 bits per heavy atom. The van der Waals surface area contributed by atoms with Crippen molar-refractivity contribution in [1.29, 1.82) is 0 Å². The lowest BCUT2D eigenvalue weighted by Crippen LogP contribution is -2.28. The fraction of sp³-hybridized carbons (Fsp3) is 0.474. The summed E-state index contributed by atoms with van der Waals surface area (Å²) in [5.41, 5.74) is 3.13. The number of nitrogens with one attached hydrogen (secondary N) is 1. The first-order valence-corrected chi connectivity index (χ1v) is 9.05. The Hall–Kier alpha value is -1.12. The molecular formula is C19H25NS. The molecule has 1 aromatic carbocycles. The van der Waals surface area contributed by atoms with Crippen molar-refractivity contribution in [3.05, 3.63) is 57.3 Å². The van der Waals surface area contributed by atoms with E-state index in [9.17, 15) is 0 Å². The van der Waals surface area contributed by atoms with Gasteiger partial charge < -0.3 is 5.32 Å². The summed E-state index contributed by atoms with van der Waals surface area (Å²) in [7, 11) is 0. The lowest BCUT2D eigenvalue weighted by Gasteiger charge is -2.32. The van der Waals surface area contributed by atoms with Gasteiger partial charge in [0.05, 0.1) is 0 Å². The normalized spacial score (nSPS) is 19.2. The summed E-state index contributed by atoms with van der Waals surface area (Å²) in [6.45, 7) is 5.49. The predicted molar refractivity (Wildman–Crippen MR) is 92.2 cm³/mol. The Morgan fingerprint density at radius 1 is 1.19 bits per heavy atom. The van der Waals surface area contributed by atoms with Crippen molar-refractivity contribution in [2.75, 3.05) is 6.54 Å². The van der Waals surface area contributed by atoms with E-state index in [2.05, 4.69) is 55.6 Å². The maximum atomic E-state index is 3.76. The van der Waals surface area contributed by atoms with Crippen LogP contribution in [0.2, 0.25) is 0 Å². The molecular weight excluding hydrogens is 274 g/mol. The van der Waals surface area contributed by atoms with Gasteiger partial charge in [-0.2, -0.15) is 0 Å². The monoisotopic (exact) mass is 299 g/mol. The van der Waals surface area contributed by atoms with Crippen molar-refractivity contribution >= 4 is 11.3 Å². The number of thiophene rings is 1. The SMILES string of the molecule is CCNC(c1ccc(CC)s1)C1CCCc2ccccc21. The molecule has 3 rings (SSSR count). The number of likely N-dealkylation sites (N-methyl/N-ethyl adjacent to an activating group) is 1. The van der Waals surface area contributed by atoms with Crippen LogP contribution in [-0.2, 0) is 12.8 Å². The molecule has 0 spiro atoms. The van der Waals surface area contributed by atoms with E-state index >= 15 is 0 Å². The van der Waals surface area contributed by atoms with Gasteiger partial charge in [0.1, 0.15) is 0 Å². The van der Waals surface area contributed by atoms with E-state index in [4.69, 9.17) is 0 Å². The summed E-state index contributed by atoms with van der Waals surface area (Å²) in [6.07, 6.45) is 5.00. The lowest BCUT2D eigenvalue weighted by atomic mass is 9.78. The molecule has 2 heteroatoms. The highest BCUT2D eigenvalue weighted by atomic mass is 32.1. The third kappa shape index (κ3) is 3.07. The fourth-order valence-electron chi connectivity index (χ4n) is 3.55. The number of fused-ring (bicyclic) bond motifs is 1. The zero-order valence-electron chi connectivity index (χ0n) is 13.1. The standard InChI is InChI=1S/C19H25NS/c1-3-15-12-13-18(21-15)19(20-4-2)17-11-7-9-14-8-5-6-10-16(14)17/h5-6,8,10,12-13,17,19-20H,3-4,7,9,11H2,1-2H3. The smallest absolute Gasteiger partial charge is 0.0484 e. The molecule has 0 amide bonds. The molecule has 1 N–H and O–H groups in total. The molecule has 2 aromatic rings. The largest absolute Gasteiger partial charge is 0.309 e. The van der Waals surface area contributed by atoms with Crippen LogP contribution in [0.25, 0.3) is 0 Å². The van der Waals surface area contributed by atoms with Crippen molar-refractivity contribution in [2.45, 2.75) is 51.5 Å². The molecule has 0 saturated heterocycles. The Balaban J connectivity index is 1.94. The third-order valence-corrected chi connectivity index (χ3v) is 5.89. The van der Waals surface area contributed by atoms with E-state index < -0.39 is 0 Å². The van der Waals surface area contributed by atoms with E-state index in [1.54, 1.807) is 11.1 Å². The van der Waals surface area contributed by atoms with Gasteiger partial charge in [0, 0.05) is 21.7 Å². The average Bonchev–Trinajstić information content (AvgIpc) is 3.01. The number of rotatable bonds is 5. The summed E-state index contributed by atoms with van der Waals surface area (Å²) < 4.78 is 0. The first kappa shape index (κ1) is 14.8. The molecule has 1 heterocycles. The predicted octanol–water partition coefficient (Wildman–Crippen LogP) is 5.08. The van der Waals surface area contributed by atoms with Gasteiger partial charge in [-0.3, -0.25) is 0 Å². The Labute approximate surface area is 132 Å². The second-order valence-electron chi connectivity index (χ2n) is 5.89. The summed E-state index contributed by atoms with van der Waals surface area (Å²) in [4.78, 5) is 3.01. The van der Waals surface area contributed by atoms with Gasteiger partial charge in [0.25, 0.3) is 0 Å². The first-order valence-electron chi connectivity index (χ1n) is 8.23. The highest BCUT2D eigenvalue weighted by molar-refractivity contribution is 7.12. The van der Waals surface area contributed by atoms with Crippen LogP contribution >= 0.6 is 11.3 Å². The van der Waals surface area contributed by atoms with E-state index in [0.29, 0.717) is 12.0 Å². The average molecular weight is 299 g/mol. The maximum Gasteiger partial charge on any atom is 0.0484 e. The quantitative estimate of drug-likeness (QED) is 0.811. The molecule has 0 saturated carbocycles. The van der Waals surface area contributed by atoms with Crippen LogP contribution in [0.1, 0.15) is 59.5 Å². The zero-order chi connectivity index (χ0) is 14.7. The van der Waals surface area contributed by atoms with Gasteiger partial charge in [-0.1, -0.05) is 38.1 Å². The molecule has 1 aromatic heterocycles. The minimum atomic E-state index is 0.474. The van der Waals surface area contributed by atoms with Crippen LogP contribution in [0.3, 0.4) is 0 Å². The molecule has 0 bridgehead atoms. The molecule has 0 fully saturated rings. The molecule has 2 atom stereocenters. The van der Waals surface area contributed by atoms with Crippen molar-refractivity contribution in [3.63, 3.8) is 0 Å². The Kier molecular flexibility index (Phi) is 4.77. The topological polar surface area (TPSA) is 12.0 Å². The van der Waals surface area contributed by atoms with E-state index in [-0.39, 0.29) is 0 Å². The van der Waals surface area contributed by atoms with Gasteiger partial charge in [-0.05, 0) is 55.5 Å². The van der Waals surface area contributed by atoms with Crippen molar-refractivity contribution < 1.29 is 0 Å². The van der Waals surface area contributed by atoms with Gasteiger partial charge in [0.2, 0.25) is 0 Å². The van der Waals surface area contributed by atoms with Crippen LogP contribution in [0, 0.1) is 0 Å². The van der Waals surface area contributed by atoms with E-state index in [1.165, 1.54) is 29.0 Å². The molecule has 21 heavy (non-hydrogen) atoms. The van der Waals surface area contributed by atoms with Crippen molar-refractivity contribution in [3.8, 4) is 0 Å². The number of aryl methyl sites for hydroxylation is 2. The summed E-state index contributed by atoms with van der Waals surface area (Å²) in [5.74, 6) is 0.623. The highest BCUT2D eigenvalue weighted by Gasteiger charge is 2.29. The number of benzene rings is 1. The number of hydrogen-bond donors (Lipinski definition) is 1. The van der Waals surface area contributed by atoms with Crippen LogP contribution in [0.4, 0.5) is 0 Å². The van der Waals surface area contributed by atoms with E-state index in [1.807, 2.05) is 11.3 Å². The molecule has 1 aliphatic rings. The molecule has 0 aliphatic heterocycles. The second-order valence-corrected chi connectivity index (χ2v) is 7.09. The Bertz CT molecular complexity index is 587. The minimum Gasteiger partial charge on any atom is -0.309 e. The second kappa shape index (κ2) is 6.76.